The van der Waals surface area contributed by atoms with E-state index in [0.717, 1.165) is 11.1 Å². The molecule has 0 radical (unpaired) electrons. The van der Waals surface area contributed by atoms with Gasteiger partial charge in [-0.25, -0.2) is 0 Å². The Morgan fingerprint density at radius 1 is 1.25 bits per heavy atom. The van der Waals surface area contributed by atoms with Gasteiger partial charge < -0.3 is 14.4 Å². The van der Waals surface area contributed by atoms with E-state index in [0.29, 0.717) is 17.1 Å². The summed E-state index contributed by atoms with van der Waals surface area (Å²) in [5.41, 5.74) is 2.49. The van der Waals surface area contributed by atoms with Gasteiger partial charge in [-0.05, 0) is 36.1 Å². The number of rotatable bonds is 3. The van der Waals surface area contributed by atoms with E-state index in [1.807, 2.05) is 17.7 Å². The number of phenols is 1. The lowest BCUT2D eigenvalue weighted by Gasteiger charge is -2.02. The van der Waals surface area contributed by atoms with Gasteiger partial charge in [-0.1, -0.05) is 5.16 Å². The maximum absolute atomic E-state index is 9.90. The number of benzene rings is 1. The van der Waals surface area contributed by atoms with Crippen LogP contribution in [0.2, 0.25) is 0 Å². The second-order valence-corrected chi connectivity index (χ2v) is 5.02. The van der Waals surface area contributed by atoms with E-state index in [4.69, 9.17) is 9.26 Å². The van der Waals surface area contributed by atoms with Crippen molar-refractivity contribution in [3.63, 3.8) is 0 Å². The number of thiophene rings is 1. The smallest absolute Gasteiger partial charge is 0.262 e. The van der Waals surface area contributed by atoms with Crippen LogP contribution in [0.1, 0.15) is 5.56 Å². The Morgan fingerprint density at radius 2 is 2.10 bits per heavy atom. The minimum Gasteiger partial charge on any atom is -0.507 e. The fourth-order valence-electron chi connectivity index (χ4n) is 1.85. The van der Waals surface area contributed by atoms with E-state index >= 15 is 0 Å². The first-order valence-electron chi connectivity index (χ1n) is 5.93. The summed E-state index contributed by atoms with van der Waals surface area (Å²) >= 11 is 1.58. The second-order valence-electron chi connectivity index (χ2n) is 4.27. The van der Waals surface area contributed by atoms with Gasteiger partial charge in [-0.3, -0.25) is 0 Å². The van der Waals surface area contributed by atoms with Crippen molar-refractivity contribution in [3.05, 3.63) is 34.5 Å². The van der Waals surface area contributed by atoms with E-state index in [9.17, 15) is 5.11 Å². The van der Waals surface area contributed by atoms with Gasteiger partial charge in [0.05, 0.1) is 12.7 Å². The Bertz CT molecular complexity index is 748. The van der Waals surface area contributed by atoms with Crippen LogP contribution < -0.4 is 4.74 Å². The van der Waals surface area contributed by atoms with Gasteiger partial charge >= 0.3 is 0 Å². The van der Waals surface area contributed by atoms with Gasteiger partial charge in [0.1, 0.15) is 11.5 Å². The third kappa shape index (κ3) is 2.14. The van der Waals surface area contributed by atoms with Gasteiger partial charge in [-0.2, -0.15) is 16.3 Å². The first-order valence-corrected chi connectivity index (χ1v) is 6.87. The average Bonchev–Trinajstić information content (AvgIpc) is 3.08. The predicted molar refractivity (Wildman–Crippen MR) is 76.0 cm³/mol. The number of aromatic hydroxyl groups is 1. The molecule has 0 atom stereocenters. The molecule has 0 fully saturated rings. The molecule has 0 spiro atoms. The third-order valence-corrected chi connectivity index (χ3v) is 3.82. The fourth-order valence-corrected chi connectivity index (χ4v) is 2.67. The summed E-state index contributed by atoms with van der Waals surface area (Å²) in [5.74, 6) is 1.47. The molecule has 3 rings (SSSR count). The molecule has 0 aliphatic heterocycles. The van der Waals surface area contributed by atoms with Crippen LogP contribution in [-0.4, -0.2) is 22.4 Å². The van der Waals surface area contributed by atoms with Crippen LogP contribution in [0.15, 0.2) is 33.5 Å². The topological polar surface area (TPSA) is 68.4 Å². The number of aryl methyl sites for hydroxylation is 1. The van der Waals surface area contributed by atoms with Crippen molar-refractivity contribution in [2.75, 3.05) is 7.11 Å². The van der Waals surface area contributed by atoms with Crippen LogP contribution in [-0.2, 0) is 0 Å². The monoisotopic (exact) mass is 288 g/mol. The molecule has 1 N–H and O–H groups in total. The Hall–Kier alpha value is -2.34. The van der Waals surface area contributed by atoms with E-state index in [-0.39, 0.29) is 11.6 Å². The van der Waals surface area contributed by atoms with Gasteiger partial charge in [0.25, 0.3) is 5.89 Å². The lowest BCUT2D eigenvalue weighted by Crippen LogP contribution is -1.85. The highest BCUT2D eigenvalue weighted by Gasteiger charge is 2.16. The zero-order chi connectivity index (χ0) is 14.1. The molecule has 0 bridgehead atoms. The number of aromatic nitrogens is 2. The normalized spacial score (nSPS) is 10.7. The van der Waals surface area contributed by atoms with Gasteiger partial charge in [0.15, 0.2) is 0 Å². The summed E-state index contributed by atoms with van der Waals surface area (Å²) in [4.78, 5) is 4.33. The molecule has 0 saturated carbocycles. The van der Waals surface area contributed by atoms with E-state index in [1.165, 1.54) is 6.07 Å². The van der Waals surface area contributed by atoms with E-state index < -0.39 is 0 Å². The molecule has 5 nitrogen and oxygen atoms in total. The van der Waals surface area contributed by atoms with Crippen molar-refractivity contribution in [1.82, 2.24) is 10.1 Å². The summed E-state index contributed by atoms with van der Waals surface area (Å²) < 4.78 is 10.4. The molecule has 6 heteroatoms. The van der Waals surface area contributed by atoms with Crippen LogP contribution in [0, 0.1) is 6.92 Å². The number of hydrogen-bond acceptors (Lipinski definition) is 6. The van der Waals surface area contributed by atoms with Crippen molar-refractivity contribution in [1.29, 1.82) is 0 Å². The van der Waals surface area contributed by atoms with Crippen molar-refractivity contribution in [3.8, 4) is 34.3 Å². The van der Waals surface area contributed by atoms with Crippen molar-refractivity contribution >= 4 is 11.3 Å². The zero-order valence-electron chi connectivity index (χ0n) is 11.0. The summed E-state index contributed by atoms with van der Waals surface area (Å²) in [5, 5.41) is 17.8. The maximum Gasteiger partial charge on any atom is 0.262 e. The number of methoxy groups -OCH3 is 1. The highest BCUT2D eigenvalue weighted by molar-refractivity contribution is 7.08. The first-order chi connectivity index (χ1) is 9.69. The van der Waals surface area contributed by atoms with Crippen LogP contribution in [0.5, 0.6) is 11.5 Å². The first kappa shape index (κ1) is 12.7. The lowest BCUT2D eigenvalue weighted by molar-refractivity contribution is 0.408. The van der Waals surface area contributed by atoms with Crippen molar-refractivity contribution < 1.29 is 14.4 Å². The Labute approximate surface area is 119 Å². The van der Waals surface area contributed by atoms with Crippen LogP contribution in [0.4, 0.5) is 0 Å². The molecular formula is C14H12N2O3S. The highest BCUT2D eigenvalue weighted by Crippen LogP contribution is 2.33. The molecule has 0 aliphatic rings. The highest BCUT2D eigenvalue weighted by atomic mass is 32.1. The number of hydrogen-bond donors (Lipinski definition) is 1. The standard InChI is InChI=1S/C14H12N2O3S/c1-8-6-20-7-11(8)13-15-14(19-16-13)10-5-9(18-2)3-4-12(10)17/h3-7,17H,1-2H3. The number of phenolic OH excluding ortho intramolecular Hbond substituents is 1. The molecule has 0 unspecified atom stereocenters. The number of ether oxygens (including phenoxy) is 1. The van der Waals surface area contributed by atoms with Gasteiger partial charge in [-0.15, -0.1) is 0 Å². The molecular weight excluding hydrogens is 276 g/mol. The third-order valence-electron chi connectivity index (χ3n) is 2.96. The van der Waals surface area contributed by atoms with E-state index in [1.54, 1.807) is 30.6 Å². The van der Waals surface area contributed by atoms with Gasteiger partial charge in [0.2, 0.25) is 5.82 Å². The largest absolute Gasteiger partial charge is 0.507 e. The minimum atomic E-state index is 0.0723. The summed E-state index contributed by atoms with van der Waals surface area (Å²) in [7, 11) is 1.56. The van der Waals surface area contributed by atoms with Crippen molar-refractivity contribution in [2.45, 2.75) is 6.92 Å². The quantitative estimate of drug-likeness (QED) is 0.799. The molecule has 20 heavy (non-hydrogen) atoms. The molecule has 0 saturated heterocycles. The molecule has 102 valence electrons. The minimum absolute atomic E-state index is 0.0723. The fraction of sp³-hybridized carbons (Fsp3) is 0.143. The molecule has 1 aromatic carbocycles. The van der Waals surface area contributed by atoms with Crippen LogP contribution in [0.3, 0.4) is 0 Å². The molecule has 2 aromatic heterocycles. The van der Waals surface area contributed by atoms with E-state index in [2.05, 4.69) is 10.1 Å². The Balaban J connectivity index is 2.04. The second kappa shape index (κ2) is 4.97. The van der Waals surface area contributed by atoms with Gasteiger partial charge in [0, 0.05) is 10.9 Å². The lowest BCUT2D eigenvalue weighted by atomic mass is 10.2. The summed E-state index contributed by atoms with van der Waals surface area (Å²) in [6.45, 7) is 1.99. The SMILES string of the molecule is COc1ccc(O)c(-c2nc(-c3cscc3C)no2)c1. The molecule has 0 amide bonds. The summed E-state index contributed by atoms with van der Waals surface area (Å²) in [6.07, 6.45) is 0. The number of nitrogens with zero attached hydrogens (tertiary/aromatic N) is 2. The summed E-state index contributed by atoms with van der Waals surface area (Å²) in [6, 6.07) is 4.86. The average molecular weight is 288 g/mol. The molecule has 0 aliphatic carbocycles. The van der Waals surface area contributed by atoms with Crippen LogP contribution in [0.25, 0.3) is 22.8 Å². The Morgan fingerprint density at radius 3 is 2.80 bits per heavy atom. The Kier molecular flexibility index (Phi) is 3.15. The van der Waals surface area contributed by atoms with Crippen molar-refractivity contribution in [2.24, 2.45) is 0 Å². The maximum atomic E-state index is 9.90. The molecule has 3 aromatic rings. The zero-order valence-corrected chi connectivity index (χ0v) is 11.8. The predicted octanol–water partition coefficient (Wildman–Crippen LogP) is 3.49. The van der Waals surface area contributed by atoms with Crippen LogP contribution >= 0.6 is 11.3 Å². The molecule has 2 heterocycles.